The van der Waals surface area contributed by atoms with Gasteiger partial charge in [-0.25, -0.2) is 0 Å². The molecular weight excluding hydrogens is 222 g/mol. The predicted octanol–water partition coefficient (Wildman–Crippen LogP) is 0.353. The van der Waals surface area contributed by atoms with Crippen LogP contribution < -0.4 is 5.32 Å². The average Bonchev–Trinajstić information content (AvgIpc) is 2.34. The lowest BCUT2D eigenvalue weighted by molar-refractivity contribution is -0.140. The fourth-order valence-corrected chi connectivity index (χ4v) is 1.49. The Bertz CT molecular complexity index is 377. The van der Waals surface area contributed by atoms with Gasteiger partial charge in [-0.15, -0.1) is 0 Å². The molecule has 1 aromatic rings. The molecule has 1 atom stereocenters. The van der Waals surface area contributed by atoms with E-state index in [1.54, 1.807) is 30.3 Å². The summed E-state index contributed by atoms with van der Waals surface area (Å²) >= 11 is 0. The van der Waals surface area contributed by atoms with Gasteiger partial charge in [0.15, 0.2) is 0 Å². The Morgan fingerprint density at radius 2 is 1.88 bits per heavy atom. The number of carbonyl (C=O) groups is 2. The van der Waals surface area contributed by atoms with Gasteiger partial charge in [0.05, 0.1) is 12.5 Å². The van der Waals surface area contributed by atoms with Crippen LogP contribution in [-0.4, -0.2) is 35.2 Å². The number of hydrogen-bond donors (Lipinski definition) is 3. The minimum absolute atomic E-state index is 0.126. The lowest BCUT2D eigenvalue weighted by Gasteiger charge is -2.12. The molecule has 1 amide bonds. The van der Waals surface area contributed by atoms with E-state index in [0.29, 0.717) is 5.56 Å². The molecule has 0 aliphatic carbocycles. The van der Waals surface area contributed by atoms with Crippen LogP contribution in [0.4, 0.5) is 0 Å². The SMILES string of the molecule is O=C(CC(C(=O)O)c1ccccc1)NCCO. The molecule has 0 bridgehead atoms. The van der Waals surface area contributed by atoms with Crippen molar-refractivity contribution >= 4 is 11.9 Å². The van der Waals surface area contributed by atoms with Gasteiger partial charge in [0.1, 0.15) is 0 Å². The highest BCUT2D eigenvalue weighted by Crippen LogP contribution is 2.19. The van der Waals surface area contributed by atoms with E-state index in [2.05, 4.69) is 5.32 Å². The fourth-order valence-electron chi connectivity index (χ4n) is 1.49. The molecule has 5 heteroatoms. The summed E-state index contributed by atoms with van der Waals surface area (Å²) in [5, 5.41) is 20.1. The Morgan fingerprint density at radius 1 is 1.24 bits per heavy atom. The largest absolute Gasteiger partial charge is 0.481 e. The number of benzene rings is 1. The van der Waals surface area contributed by atoms with Gasteiger partial charge in [0.25, 0.3) is 0 Å². The molecule has 0 heterocycles. The van der Waals surface area contributed by atoms with E-state index < -0.39 is 11.9 Å². The molecule has 0 aliphatic rings. The fraction of sp³-hybridized carbons (Fsp3) is 0.333. The van der Waals surface area contributed by atoms with Crippen LogP contribution in [0.3, 0.4) is 0 Å². The number of aliphatic hydroxyl groups is 1. The summed E-state index contributed by atoms with van der Waals surface area (Å²) in [6.45, 7) is -0.0191. The van der Waals surface area contributed by atoms with Crippen molar-refractivity contribution in [2.24, 2.45) is 0 Å². The van der Waals surface area contributed by atoms with Gasteiger partial charge in [0, 0.05) is 13.0 Å². The Morgan fingerprint density at radius 3 is 2.41 bits per heavy atom. The van der Waals surface area contributed by atoms with Crippen molar-refractivity contribution in [3.8, 4) is 0 Å². The van der Waals surface area contributed by atoms with E-state index in [1.807, 2.05) is 0 Å². The molecule has 0 aliphatic heterocycles. The van der Waals surface area contributed by atoms with Gasteiger partial charge in [-0.3, -0.25) is 9.59 Å². The monoisotopic (exact) mass is 237 g/mol. The Hall–Kier alpha value is -1.88. The number of aliphatic hydroxyl groups excluding tert-OH is 1. The predicted molar refractivity (Wildman–Crippen MR) is 61.5 cm³/mol. The number of aliphatic carboxylic acids is 1. The lowest BCUT2D eigenvalue weighted by Crippen LogP contribution is -2.29. The quantitative estimate of drug-likeness (QED) is 0.666. The molecule has 1 rings (SSSR count). The van der Waals surface area contributed by atoms with E-state index >= 15 is 0 Å². The van der Waals surface area contributed by atoms with E-state index in [0.717, 1.165) is 0 Å². The van der Waals surface area contributed by atoms with Crippen LogP contribution in [0.1, 0.15) is 17.9 Å². The van der Waals surface area contributed by atoms with Crippen molar-refractivity contribution in [1.29, 1.82) is 0 Å². The molecule has 0 saturated carbocycles. The van der Waals surface area contributed by atoms with Crippen LogP contribution in [0.2, 0.25) is 0 Å². The molecule has 1 unspecified atom stereocenters. The topological polar surface area (TPSA) is 86.6 Å². The van der Waals surface area contributed by atoms with E-state index in [4.69, 9.17) is 10.2 Å². The van der Waals surface area contributed by atoms with Gasteiger partial charge >= 0.3 is 5.97 Å². The summed E-state index contributed by atoms with van der Waals surface area (Å²) in [5.74, 6) is -2.26. The molecule has 5 nitrogen and oxygen atoms in total. The first kappa shape index (κ1) is 13.2. The molecule has 0 radical (unpaired) electrons. The van der Waals surface area contributed by atoms with Crippen LogP contribution in [0, 0.1) is 0 Å². The van der Waals surface area contributed by atoms with E-state index in [9.17, 15) is 9.59 Å². The van der Waals surface area contributed by atoms with Gasteiger partial charge in [-0.2, -0.15) is 0 Å². The maximum Gasteiger partial charge on any atom is 0.311 e. The number of rotatable bonds is 6. The molecule has 0 saturated heterocycles. The van der Waals surface area contributed by atoms with E-state index in [-0.39, 0.29) is 25.5 Å². The lowest BCUT2D eigenvalue weighted by atomic mass is 9.95. The Labute approximate surface area is 99.1 Å². The summed E-state index contributed by atoms with van der Waals surface area (Å²) < 4.78 is 0. The summed E-state index contributed by atoms with van der Waals surface area (Å²) in [6.07, 6.45) is -0.126. The van der Waals surface area contributed by atoms with Crippen molar-refractivity contribution in [3.05, 3.63) is 35.9 Å². The standard InChI is InChI=1S/C12H15NO4/c14-7-6-13-11(15)8-10(12(16)17)9-4-2-1-3-5-9/h1-5,10,14H,6-8H2,(H,13,15)(H,16,17). The molecule has 0 spiro atoms. The minimum Gasteiger partial charge on any atom is -0.481 e. The number of hydrogen-bond acceptors (Lipinski definition) is 3. The van der Waals surface area contributed by atoms with Crippen molar-refractivity contribution < 1.29 is 19.8 Å². The summed E-state index contributed by atoms with van der Waals surface area (Å²) in [6, 6.07) is 8.61. The maximum atomic E-state index is 11.4. The van der Waals surface area contributed by atoms with Gasteiger partial charge < -0.3 is 15.5 Å². The molecule has 3 N–H and O–H groups in total. The summed E-state index contributed by atoms with van der Waals surface area (Å²) in [7, 11) is 0. The minimum atomic E-state index is -1.03. The molecular formula is C12H15NO4. The van der Waals surface area contributed by atoms with Crippen LogP contribution in [0.5, 0.6) is 0 Å². The maximum absolute atomic E-state index is 11.4. The molecule has 0 fully saturated rings. The van der Waals surface area contributed by atoms with Crippen molar-refractivity contribution in [3.63, 3.8) is 0 Å². The second-order valence-corrected chi connectivity index (χ2v) is 3.58. The highest BCUT2D eigenvalue weighted by molar-refractivity contribution is 5.85. The van der Waals surface area contributed by atoms with Crippen LogP contribution in [0.25, 0.3) is 0 Å². The van der Waals surface area contributed by atoms with Crippen LogP contribution in [-0.2, 0) is 9.59 Å². The van der Waals surface area contributed by atoms with E-state index in [1.165, 1.54) is 0 Å². The van der Waals surface area contributed by atoms with Gasteiger partial charge in [-0.05, 0) is 5.56 Å². The third-order valence-corrected chi connectivity index (χ3v) is 2.32. The zero-order valence-corrected chi connectivity index (χ0v) is 9.30. The van der Waals surface area contributed by atoms with Crippen LogP contribution in [0.15, 0.2) is 30.3 Å². The number of carbonyl (C=O) groups excluding carboxylic acids is 1. The second kappa shape index (κ2) is 6.65. The first-order valence-corrected chi connectivity index (χ1v) is 5.30. The zero-order valence-electron chi connectivity index (χ0n) is 9.30. The highest BCUT2D eigenvalue weighted by Gasteiger charge is 2.22. The number of amides is 1. The molecule has 17 heavy (non-hydrogen) atoms. The third kappa shape index (κ3) is 4.24. The zero-order chi connectivity index (χ0) is 12.7. The van der Waals surface area contributed by atoms with Gasteiger partial charge in [0.2, 0.25) is 5.91 Å². The second-order valence-electron chi connectivity index (χ2n) is 3.58. The van der Waals surface area contributed by atoms with Crippen molar-refractivity contribution in [2.45, 2.75) is 12.3 Å². The molecule has 0 aromatic heterocycles. The first-order chi connectivity index (χ1) is 8.15. The highest BCUT2D eigenvalue weighted by atomic mass is 16.4. The van der Waals surface area contributed by atoms with Crippen molar-refractivity contribution in [2.75, 3.05) is 13.2 Å². The first-order valence-electron chi connectivity index (χ1n) is 5.30. The van der Waals surface area contributed by atoms with Crippen molar-refractivity contribution in [1.82, 2.24) is 5.32 Å². The van der Waals surface area contributed by atoms with Gasteiger partial charge in [-0.1, -0.05) is 30.3 Å². The van der Waals surface area contributed by atoms with Crippen LogP contribution >= 0.6 is 0 Å². The normalized spacial score (nSPS) is 11.8. The molecule has 92 valence electrons. The number of carboxylic acids is 1. The average molecular weight is 237 g/mol. The Kier molecular flexibility index (Phi) is 5.16. The number of nitrogens with one attached hydrogen (secondary N) is 1. The summed E-state index contributed by atoms with van der Waals surface area (Å²) in [5.41, 5.74) is 0.596. The summed E-state index contributed by atoms with van der Waals surface area (Å²) in [4.78, 5) is 22.5. The molecule has 1 aromatic carbocycles. The Balaban J connectivity index is 2.68. The smallest absolute Gasteiger partial charge is 0.311 e. The number of carboxylic acid groups (broad SMARTS) is 1. The third-order valence-electron chi connectivity index (χ3n) is 2.32.